The number of nitrogens with two attached hydrogens (primary N) is 1. The molecule has 4 rings (SSSR count). The molecule has 0 amide bonds. The Labute approximate surface area is 169 Å². The second-order valence-electron chi connectivity index (χ2n) is 7.18. The largest absolute Gasteiger partial charge is 0.422 e. The lowest BCUT2D eigenvalue weighted by molar-refractivity contribution is 0.334. The Kier molecular flexibility index (Phi) is 4.77. The lowest BCUT2D eigenvalue weighted by atomic mass is 9.83. The maximum atomic E-state index is 9.82. The van der Waals surface area contributed by atoms with Gasteiger partial charge in [-0.2, -0.15) is 10.4 Å². The van der Waals surface area contributed by atoms with Gasteiger partial charge in [-0.25, -0.2) is 14.6 Å². The van der Waals surface area contributed by atoms with Gasteiger partial charge in [0.1, 0.15) is 11.6 Å². The molecule has 3 heterocycles. The summed E-state index contributed by atoms with van der Waals surface area (Å²) in [7, 11) is 0. The van der Waals surface area contributed by atoms with E-state index in [1.165, 1.54) is 0 Å². The molecule has 1 aliphatic rings. The minimum atomic E-state index is -0.322. The van der Waals surface area contributed by atoms with E-state index in [1.54, 1.807) is 18.5 Å². The first kappa shape index (κ1) is 18.7. The van der Waals surface area contributed by atoms with Gasteiger partial charge in [0, 0.05) is 18.0 Å². The minimum Gasteiger partial charge on any atom is -0.422 e. The SMILES string of the molecule is CCc1nn(C(C)C)c2c1C(c1ccc(-c3ncccn3)cc1)C(C#N)=C(N)O2. The summed E-state index contributed by atoms with van der Waals surface area (Å²) in [6, 6.07) is 12.0. The predicted molar refractivity (Wildman–Crippen MR) is 109 cm³/mol. The third-order valence-corrected chi connectivity index (χ3v) is 5.04. The number of allylic oxidation sites excluding steroid dienone is 1. The number of aromatic nitrogens is 4. The van der Waals surface area contributed by atoms with Crippen molar-refractivity contribution in [2.24, 2.45) is 5.73 Å². The highest BCUT2D eigenvalue weighted by atomic mass is 16.5. The lowest BCUT2D eigenvalue weighted by Crippen LogP contribution is -2.22. The molecular weight excluding hydrogens is 364 g/mol. The van der Waals surface area contributed by atoms with Crippen LogP contribution in [-0.4, -0.2) is 19.7 Å². The molecular formula is C22H22N6O. The second kappa shape index (κ2) is 7.40. The molecule has 0 saturated carbocycles. The molecule has 146 valence electrons. The van der Waals surface area contributed by atoms with E-state index in [2.05, 4.69) is 16.0 Å². The van der Waals surface area contributed by atoms with Crippen molar-refractivity contribution in [3.8, 4) is 23.3 Å². The van der Waals surface area contributed by atoms with Gasteiger partial charge in [-0.05, 0) is 31.9 Å². The van der Waals surface area contributed by atoms with Crippen molar-refractivity contribution in [2.75, 3.05) is 0 Å². The highest BCUT2D eigenvalue weighted by Crippen LogP contribution is 2.45. The number of hydrogen-bond acceptors (Lipinski definition) is 6. The molecule has 0 fully saturated rings. The Hall–Kier alpha value is -3.66. The van der Waals surface area contributed by atoms with Crippen LogP contribution in [0.5, 0.6) is 5.88 Å². The van der Waals surface area contributed by atoms with E-state index in [0.29, 0.717) is 17.3 Å². The first-order valence-electron chi connectivity index (χ1n) is 9.61. The average Bonchev–Trinajstić information content (AvgIpc) is 3.12. The first-order chi connectivity index (χ1) is 14.0. The Balaban J connectivity index is 1.86. The highest BCUT2D eigenvalue weighted by Gasteiger charge is 2.36. The highest BCUT2D eigenvalue weighted by molar-refractivity contribution is 5.59. The van der Waals surface area contributed by atoms with Gasteiger partial charge in [0.2, 0.25) is 11.8 Å². The van der Waals surface area contributed by atoms with Crippen molar-refractivity contribution in [3.63, 3.8) is 0 Å². The van der Waals surface area contributed by atoms with Crippen molar-refractivity contribution in [2.45, 2.75) is 39.2 Å². The minimum absolute atomic E-state index is 0.110. The van der Waals surface area contributed by atoms with Crippen LogP contribution in [0.15, 0.2) is 54.2 Å². The van der Waals surface area contributed by atoms with Crippen molar-refractivity contribution < 1.29 is 4.74 Å². The molecule has 0 radical (unpaired) electrons. The van der Waals surface area contributed by atoms with Crippen LogP contribution in [0.25, 0.3) is 11.4 Å². The molecule has 1 unspecified atom stereocenters. The van der Waals surface area contributed by atoms with Crippen LogP contribution in [0.4, 0.5) is 0 Å². The number of nitriles is 1. The Bertz CT molecular complexity index is 1110. The Morgan fingerprint density at radius 1 is 1.21 bits per heavy atom. The van der Waals surface area contributed by atoms with Crippen molar-refractivity contribution in [3.05, 3.63) is 71.0 Å². The molecule has 1 aromatic carbocycles. The molecule has 0 saturated heterocycles. The summed E-state index contributed by atoms with van der Waals surface area (Å²) in [6.07, 6.45) is 4.16. The monoisotopic (exact) mass is 386 g/mol. The number of hydrogen-bond donors (Lipinski definition) is 1. The van der Waals surface area contributed by atoms with Crippen molar-refractivity contribution in [1.82, 2.24) is 19.7 Å². The van der Waals surface area contributed by atoms with Crippen LogP contribution in [0, 0.1) is 11.3 Å². The molecule has 1 atom stereocenters. The summed E-state index contributed by atoms with van der Waals surface area (Å²) in [4.78, 5) is 8.59. The summed E-state index contributed by atoms with van der Waals surface area (Å²) in [5, 5.41) is 14.5. The van der Waals surface area contributed by atoms with Gasteiger partial charge in [0.15, 0.2) is 5.82 Å². The molecule has 7 heteroatoms. The number of fused-ring (bicyclic) bond motifs is 1. The number of aryl methyl sites for hydroxylation is 1. The maximum absolute atomic E-state index is 9.82. The standard InChI is InChI=1S/C22H22N6O/c1-4-17-19-18(14-6-8-15(9-7-14)21-25-10-5-11-26-21)16(12-23)20(24)29-22(19)28(27-17)13(2)3/h5-11,13,18H,4,24H2,1-3H3. The maximum Gasteiger partial charge on any atom is 0.224 e. The number of nitrogens with zero attached hydrogens (tertiary/aromatic N) is 5. The van der Waals surface area contributed by atoms with Crippen molar-refractivity contribution in [1.29, 1.82) is 5.26 Å². The van der Waals surface area contributed by atoms with E-state index in [1.807, 2.05) is 49.7 Å². The summed E-state index contributed by atoms with van der Waals surface area (Å²) in [5.74, 6) is 1.08. The molecule has 1 aliphatic heterocycles. The van der Waals surface area contributed by atoms with E-state index in [0.717, 1.165) is 28.8 Å². The summed E-state index contributed by atoms with van der Waals surface area (Å²) >= 11 is 0. The van der Waals surface area contributed by atoms with E-state index >= 15 is 0 Å². The quantitative estimate of drug-likeness (QED) is 0.733. The number of benzene rings is 1. The van der Waals surface area contributed by atoms with Crippen molar-refractivity contribution >= 4 is 0 Å². The van der Waals surface area contributed by atoms with Gasteiger partial charge in [-0.15, -0.1) is 0 Å². The van der Waals surface area contributed by atoms with Gasteiger partial charge in [0.05, 0.1) is 23.2 Å². The molecule has 0 aliphatic carbocycles. The summed E-state index contributed by atoms with van der Waals surface area (Å²) in [6.45, 7) is 6.13. The molecule has 29 heavy (non-hydrogen) atoms. The molecule has 7 nitrogen and oxygen atoms in total. The zero-order chi connectivity index (χ0) is 20.5. The Morgan fingerprint density at radius 2 is 1.90 bits per heavy atom. The van der Waals surface area contributed by atoms with Crippen LogP contribution in [0.2, 0.25) is 0 Å². The van der Waals surface area contributed by atoms with Crippen LogP contribution in [-0.2, 0) is 6.42 Å². The fourth-order valence-corrected chi connectivity index (χ4v) is 3.65. The van der Waals surface area contributed by atoms with Crippen LogP contribution < -0.4 is 10.5 Å². The summed E-state index contributed by atoms with van der Waals surface area (Å²) in [5.41, 5.74) is 10.2. The smallest absolute Gasteiger partial charge is 0.224 e. The molecule has 3 aromatic rings. The second-order valence-corrected chi connectivity index (χ2v) is 7.18. The zero-order valence-corrected chi connectivity index (χ0v) is 16.6. The normalized spacial score (nSPS) is 15.8. The van der Waals surface area contributed by atoms with Gasteiger partial charge >= 0.3 is 0 Å². The molecule has 0 spiro atoms. The third-order valence-electron chi connectivity index (χ3n) is 5.04. The van der Waals surface area contributed by atoms with E-state index in [-0.39, 0.29) is 17.8 Å². The fraction of sp³-hybridized carbons (Fsp3) is 0.273. The van der Waals surface area contributed by atoms with Crippen LogP contribution in [0.3, 0.4) is 0 Å². The van der Waals surface area contributed by atoms with E-state index in [9.17, 15) is 5.26 Å². The van der Waals surface area contributed by atoms with Crippen LogP contribution in [0.1, 0.15) is 49.6 Å². The zero-order valence-electron chi connectivity index (χ0n) is 16.6. The van der Waals surface area contributed by atoms with E-state index in [4.69, 9.17) is 15.6 Å². The number of ether oxygens (including phenoxy) is 1. The first-order valence-corrected chi connectivity index (χ1v) is 9.61. The topological polar surface area (TPSA) is 103 Å². The Morgan fingerprint density at radius 3 is 2.48 bits per heavy atom. The molecule has 0 bridgehead atoms. The number of rotatable bonds is 4. The summed E-state index contributed by atoms with van der Waals surface area (Å²) < 4.78 is 7.71. The van der Waals surface area contributed by atoms with E-state index < -0.39 is 0 Å². The van der Waals surface area contributed by atoms with Gasteiger partial charge < -0.3 is 10.5 Å². The molecule has 2 aromatic heterocycles. The lowest BCUT2D eigenvalue weighted by Gasteiger charge is -2.25. The average molecular weight is 386 g/mol. The van der Waals surface area contributed by atoms with Gasteiger partial charge in [0.25, 0.3) is 0 Å². The fourth-order valence-electron chi connectivity index (χ4n) is 3.65. The van der Waals surface area contributed by atoms with Gasteiger partial charge in [-0.3, -0.25) is 0 Å². The molecule has 2 N–H and O–H groups in total. The third kappa shape index (κ3) is 3.13. The van der Waals surface area contributed by atoms with Crippen LogP contribution >= 0.6 is 0 Å². The van der Waals surface area contributed by atoms with Gasteiger partial charge in [-0.1, -0.05) is 31.2 Å². The predicted octanol–water partition coefficient (Wildman–Crippen LogP) is 3.70.